The lowest BCUT2D eigenvalue weighted by molar-refractivity contribution is 0.218. The fourth-order valence-corrected chi connectivity index (χ4v) is 3.29. The third kappa shape index (κ3) is 0.930. The zero-order valence-electron chi connectivity index (χ0n) is 9.30. The highest BCUT2D eigenvalue weighted by atomic mass is 15.2. The standard InChI is InChI=1S/C12H14N4/c1-15-8-2-3-10(15)12-9(6-8)14-11-7-13-4-5-16(11)12/h4-5,7-8,10H,2-3,6H2,1H3. The van der Waals surface area contributed by atoms with Crippen molar-refractivity contribution >= 4 is 5.65 Å². The van der Waals surface area contributed by atoms with Crippen LogP contribution in [0.3, 0.4) is 0 Å². The third-order valence-electron chi connectivity index (χ3n) is 4.13. The van der Waals surface area contributed by atoms with Crippen LogP contribution in [-0.4, -0.2) is 32.4 Å². The second-order valence-electron chi connectivity index (χ2n) is 4.86. The minimum atomic E-state index is 0.561. The van der Waals surface area contributed by atoms with Gasteiger partial charge in [0.2, 0.25) is 0 Å². The third-order valence-corrected chi connectivity index (χ3v) is 4.13. The Hall–Kier alpha value is -1.42. The smallest absolute Gasteiger partial charge is 0.155 e. The van der Waals surface area contributed by atoms with Gasteiger partial charge in [-0.2, -0.15) is 0 Å². The van der Waals surface area contributed by atoms with Gasteiger partial charge in [0, 0.05) is 24.9 Å². The van der Waals surface area contributed by atoms with Crippen molar-refractivity contribution in [2.24, 2.45) is 0 Å². The summed E-state index contributed by atoms with van der Waals surface area (Å²) in [6.07, 6.45) is 9.41. The minimum absolute atomic E-state index is 0.561. The summed E-state index contributed by atoms with van der Waals surface area (Å²) < 4.78 is 2.21. The average Bonchev–Trinajstić information content (AvgIpc) is 2.76. The molecule has 2 atom stereocenters. The second kappa shape index (κ2) is 2.83. The maximum Gasteiger partial charge on any atom is 0.155 e. The molecule has 2 aliphatic heterocycles. The van der Waals surface area contributed by atoms with E-state index in [0.29, 0.717) is 12.1 Å². The van der Waals surface area contributed by atoms with Crippen molar-refractivity contribution in [3.8, 4) is 0 Å². The number of likely N-dealkylation sites (N-methyl/N-ethyl adjacent to an activating group) is 1. The first-order valence-electron chi connectivity index (χ1n) is 5.87. The fourth-order valence-electron chi connectivity index (χ4n) is 3.29. The quantitative estimate of drug-likeness (QED) is 0.665. The van der Waals surface area contributed by atoms with E-state index in [1.807, 2.05) is 18.6 Å². The van der Waals surface area contributed by atoms with Crippen LogP contribution in [0.4, 0.5) is 0 Å². The molecule has 0 aromatic carbocycles. The summed E-state index contributed by atoms with van der Waals surface area (Å²) in [4.78, 5) is 11.4. The van der Waals surface area contributed by atoms with E-state index in [9.17, 15) is 0 Å². The highest BCUT2D eigenvalue weighted by Crippen LogP contribution is 2.42. The number of hydrogen-bond acceptors (Lipinski definition) is 3. The first-order valence-corrected chi connectivity index (χ1v) is 5.87. The summed E-state index contributed by atoms with van der Waals surface area (Å²) >= 11 is 0. The van der Waals surface area contributed by atoms with Gasteiger partial charge in [-0.3, -0.25) is 14.3 Å². The molecule has 2 unspecified atom stereocenters. The molecule has 2 aromatic rings. The summed E-state index contributed by atoms with van der Waals surface area (Å²) in [7, 11) is 2.24. The Labute approximate surface area is 93.9 Å². The van der Waals surface area contributed by atoms with Gasteiger partial charge in [0.1, 0.15) is 0 Å². The van der Waals surface area contributed by atoms with Crippen LogP contribution in [0.25, 0.3) is 5.65 Å². The van der Waals surface area contributed by atoms with Crippen molar-refractivity contribution in [1.29, 1.82) is 0 Å². The Kier molecular flexibility index (Phi) is 1.54. The number of imidazole rings is 1. The van der Waals surface area contributed by atoms with Gasteiger partial charge >= 0.3 is 0 Å². The number of aromatic nitrogens is 3. The molecule has 1 fully saturated rings. The van der Waals surface area contributed by atoms with E-state index < -0.39 is 0 Å². The Balaban J connectivity index is 2.03. The molecule has 0 N–H and O–H groups in total. The SMILES string of the molecule is CN1C2CCC1c1c(nc3cnccn13)C2. The van der Waals surface area contributed by atoms with Gasteiger partial charge in [0.15, 0.2) is 5.65 Å². The topological polar surface area (TPSA) is 33.4 Å². The van der Waals surface area contributed by atoms with E-state index in [1.54, 1.807) is 0 Å². The summed E-state index contributed by atoms with van der Waals surface area (Å²) in [6, 6.07) is 1.27. The largest absolute Gasteiger partial charge is 0.299 e. The Bertz CT molecular complexity index is 559. The molecule has 16 heavy (non-hydrogen) atoms. The fraction of sp³-hybridized carbons (Fsp3) is 0.500. The highest BCUT2D eigenvalue weighted by Gasteiger charge is 2.40. The van der Waals surface area contributed by atoms with E-state index in [-0.39, 0.29) is 0 Å². The monoisotopic (exact) mass is 214 g/mol. The van der Waals surface area contributed by atoms with E-state index in [0.717, 1.165) is 12.1 Å². The van der Waals surface area contributed by atoms with Gasteiger partial charge < -0.3 is 0 Å². The Morgan fingerprint density at radius 1 is 1.38 bits per heavy atom. The zero-order valence-corrected chi connectivity index (χ0v) is 9.30. The average molecular weight is 214 g/mol. The minimum Gasteiger partial charge on any atom is -0.299 e. The predicted molar refractivity (Wildman–Crippen MR) is 60.2 cm³/mol. The van der Waals surface area contributed by atoms with E-state index >= 15 is 0 Å². The Morgan fingerprint density at radius 2 is 2.31 bits per heavy atom. The molecule has 4 heteroatoms. The lowest BCUT2D eigenvalue weighted by Gasteiger charge is -2.30. The summed E-state index contributed by atoms with van der Waals surface area (Å²) in [6.45, 7) is 0. The van der Waals surface area contributed by atoms with E-state index in [2.05, 4.69) is 21.3 Å². The molecule has 2 aliphatic rings. The molecular formula is C12H14N4. The second-order valence-corrected chi connectivity index (χ2v) is 4.86. The molecule has 0 saturated carbocycles. The highest BCUT2D eigenvalue weighted by molar-refractivity contribution is 5.43. The van der Waals surface area contributed by atoms with Crippen LogP contribution in [-0.2, 0) is 6.42 Å². The molecule has 82 valence electrons. The molecule has 1 saturated heterocycles. The van der Waals surface area contributed by atoms with Crippen molar-refractivity contribution in [2.45, 2.75) is 31.3 Å². The molecule has 4 heterocycles. The van der Waals surface area contributed by atoms with Crippen molar-refractivity contribution in [3.05, 3.63) is 30.0 Å². The molecule has 2 aromatic heterocycles. The number of fused-ring (bicyclic) bond motifs is 6. The molecule has 0 aliphatic carbocycles. The lowest BCUT2D eigenvalue weighted by Crippen LogP contribution is -2.34. The van der Waals surface area contributed by atoms with Gasteiger partial charge in [-0.15, -0.1) is 0 Å². The van der Waals surface area contributed by atoms with E-state index in [4.69, 9.17) is 4.98 Å². The normalized spacial score (nSPS) is 28.6. The predicted octanol–water partition coefficient (Wildman–Crippen LogP) is 1.42. The molecule has 2 bridgehead atoms. The van der Waals surface area contributed by atoms with Gasteiger partial charge in [-0.05, 0) is 19.9 Å². The maximum atomic E-state index is 4.70. The van der Waals surface area contributed by atoms with Gasteiger partial charge in [0.05, 0.1) is 23.6 Å². The summed E-state index contributed by atoms with van der Waals surface area (Å²) in [5.41, 5.74) is 3.68. The molecule has 0 amide bonds. The first kappa shape index (κ1) is 8.70. The summed E-state index contributed by atoms with van der Waals surface area (Å²) in [5.74, 6) is 0. The van der Waals surface area contributed by atoms with Crippen LogP contribution in [0, 0.1) is 0 Å². The number of hydrogen-bond donors (Lipinski definition) is 0. The molecule has 4 rings (SSSR count). The first-order chi connectivity index (χ1) is 7.84. The van der Waals surface area contributed by atoms with Crippen LogP contribution < -0.4 is 0 Å². The lowest BCUT2D eigenvalue weighted by atomic mass is 10.0. The maximum absolute atomic E-state index is 4.70. The van der Waals surface area contributed by atoms with Crippen molar-refractivity contribution in [2.75, 3.05) is 7.05 Å². The van der Waals surface area contributed by atoms with Crippen LogP contribution in [0.2, 0.25) is 0 Å². The van der Waals surface area contributed by atoms with Crippen LogP contribution in [0.15, 0.2) is 18.6 Å². The molecule has 0 spiro atoms. The van der Waals surface area contributed by atoms with Crippen LogP contribution in [0.5, 0.6) is 0 Å². The van der Waals surface area contributed by atoms with Crippen molar-refractivity contribution < 1.29 is 0 Å². The van der Waals surface area contributed by atoms with Crippen LogP contribution in [0.1, 0.15) is 30.3 Å². The van der Waals surface area contributed by atoms with E-state index in [1.165, 1.54) is 24.2 Å². The molecule has 0 radical (unpaired) electrons. The molecule has 4 nitrogen and oxygen atoms in total. The number of nitrogens with zero attached hydrogens (tertiary/aromatic N) is 4. The van der Waals surface area contributed by atoms with Crippen LogP contribution >= 0.6 is 0 Å². The zero-order chi connectivity index (χ0) is 10.7. The van der Waals surface area contributed by atoms with Crippen molar-refractivity contribution in [3.63, 3.8) is 0 Å². The molecular weight excluding hydrogens is 200 g/mol. The van der Waals surface area contributed by atoms with Crippen molar-refractivity contribution in [1.82, 2.24) is 19.3 Å². The van der Waals surface area contributed by atoms with Gasteiger partial charge in [0.25, 0.3) is 0 Å². The number of rotatable bonds is 0. The summed E-state index contributed by atoms with van der Waals surface area (Å²) in [5, 5.41) is 0. The van der Waals surface area contributed by atoms with Gasteiger partial charge in [-0.25, -0.2) is 4.98 Å². The Morgan fingerprint density at radius 3 is 3.25 bits per heavy atom. The van der Waals surface area contributed by atoms with Gasteiger partial charge in [-0.1, -0.05) is 0 Å².